The number of alkyl halides is 3. The van der Waals surface area contributed by atoms with Gasteiger partial charge in [0.15, 0.2) is 5.60 Å². The molecule has 0 saturated heterocycles. The molecular formula is C24H26F3N3O4. The van der Waals surface area contributed by atoms with Crippen molar-refractivity contribution < 1.29 is 27.4 Å². The second-order valence-electron chi connectivity index (χ2n) is 8.38. The van der Waals surface area contributed by atoms with E-state index in [-0.39, 0.29) is 18.8 Å². The number of hydrogen-bond acceptors (Lipinski definition) is 5. The van der Waals surface area contributed by atoms with Gasteiger partial charge in [0.1, 0.15) is 12.1 Å². The Morgan fingerprint density at radius 3 is 2.18 bits per heavy atom. The first-order valence-electron chi connectivity index (χ1n) is 10.6. The van der Waals surface area contributed by atoms with Gasteiger partial charge in [0.2, 0.25) is 0 Å². The Labute approximate surface area is 194 Å². The molecule has 0 unspecified atom stereocenters. The minimum absolute atomic E-state index is 0.149. The van der Waals surface area contributed by atoms with Gasteiger partial charge < -0.3 is 9.47 Å². The van der Waals surface area contributed by atoms with Crippen LogP contribution >= 0.6 is 0 Å². The Morgan fingerprint density at radius 1 is 1.06 bits per heavy atom. The summed E-state index contributed by atoms with van der Waals surface area (Å²) in [5, 5.41) is 4.10. The Balaban J connectivity index is 1.83. The lowest BCUT2D eigenvalue weighted by atomic mass is 10.0. The highest BCUT2D eigenvalue weighted by Crippen LogP contribution is 2.30. The zero-order valence-electron chi connectivity index (χ0n) is 19.6. The van der Waals surface area contributed by atoms with Crippen molar-refractivity contribution in [3.8, 4) is 11.4 Å². The van der Waals surface area contributed by atoms with Gasteiger partial charge in [-0.25, -0.2) is 18.8 Å². The zero-order chi connectivity index (χ0) is 25.3. The van der Waals surface area contributed by atoms with Crippen LogP contribution in [0.25, 0.3) is 5.69 Å². The number of ether oxygens (including phenoxy) is 2. The number of aryl methyl sites for hydroxylation is 2. The molecule has 0 spiro atoms. The molecule has 0 aliphatic heterocycles. The highest BCUT2D eigenvalue weighted by Gasteiger charge is 2.33. The van der Waals surface area contributed by atoms with Crippen LogP contribution in [0, 0.1) is 13.8 Å². The fourth-order valence-corrected chi connectivity index (χ4v) is 3.50. The van der Waals surface area contributed by atoms with Crippen molar-refractivity contribution in [2.24, 2.45) is 0 Å². The van der Waals surface area contributed by atoms with E-state index in [4.69, 9.17) is 9.47 Å². The quantitative estimate of drug-likeness (QED) is 0.471. The summed E-state index contributed by atoms with van der Waals surface area (Å²) in [6.07, 6.45) is -3.19. The molecule has 0 fully saturated rings. The van der Waals surface area contributed by atoms with Gasteiger partial charge in [0.25, 0.3) is 0 Å². The van der Waals surface area contributed by atoms with E-state index in [1.807, 2.05) is 26.0 Å². The second kappa shape index (κ2) is 9.36. The van der Waals surface area contributed by atoms with Gasteiger partial charge in [-0.15, -0.1) is 0 Å². The van der Waals surface area contributed by atoms with E-state index in [2.05, 4.69) is 5.10 Å². The van der Waals surface area contributed by atoms with Crippen LogP contribution in [0.2, 0.25) is 0 Å². The van der Waals surface area contributed by atoms with Crippen molar-refractivity contribution in [1.29, 1.82) is 0 Å². The van der Waals surface area contributed by atoms with Gasteiger partial charge in [-0.3, -0.25) is 0 Å². The largest absolute Gasteiger partial charge is 0.476 e. The van der Waals surface area contributed by atoms with Crippen LogP contribution in [-0.2, 0) is 22.3 Å². The van der Waals surface area contributed by atoms with Crippen LogP contribution in [0.15, 0.2) is 47.5 Å². The average Bonchev–Trinajstić information content (AvgIpc) is 3.10. The average molecular weight is 477 g/mol. The van der Waals surface area contributed by atoms with Gasteiger partial charge in [-0.1, -0.05) is 12.1 Å². The lowest BCUT2D eigenvalue weighted by molar-refractivity contribution is -0.158. The van der Waals surface area contributed by atoms with Crippen LogP contribution in [0.3, 0.4) is 0 Å². The monoisotopic (exact) mass is 477 g/mol. The van der Waals surface area contributed by atoms with Gasteiger partial charge >= 0.3 is 17.8 Å². The maximum atomic E-state index is 12.8. The molecule has 0 radical (unpaired) electrons. The molecule has 0 bridgehead atoms. The van der Waals surface area contributed by atoms with Crippen LogP contribution in [0.4, 0.5) is 13.2 Å². The van der Waals surface area contributed by atoms with Gasteiger partial charge in [0, 0.05) is 0 Å². The highest BCUT2D eigenvalue weighted by molar-refractivity contribution is 5.79. The van der Waals surface area contributed by atoms with Crippen molar-refractivity contribution >= 4 is 5.97 Å². The summed E-state index contributed by atoms with van der Waals surface area (Å²) in [5.74, 6) is 0.0719. The summed E-state index contributed by atoms with van der Waals surface area (Å²) >= 11 is 0. The van der Waals surface area contributed by atoms with Crippen molar-refractivity contribution in [2.75, 3.05) is 6.61 Å². The maximum absolute atomic E-state index is 12.8. The number of rotatable bonds is 7. The molecule has 0 amide bonds. The summed E-state index contributed by atoms with van der Waals surface area (Å²) in [4.78, 5) is 25.0. The van der Waals surface area contributed by atoms with E-state index >= 15 is 0 Å². The molecule has 7 nitrogen and oxygen atoms in total. The minimum Gasteiger partial charge on any atom is -0.476 e. The van der Waals surface area contributed by atoms with E-state index in [0.717, 1.165) is 28.8 Å². The predicted octanol–water partition coefficient (Wildman–Crippen LogP) is 4.44. The summed E-state index contributed by atoms with van der Waals surface area (Å²) < 4.78 is 51.8. The predicted molar refractivity (Wildman–Crippen MR) is 119 cm³/mol. The molecule has 0 N–H and O–H groups in total. The number of hydrogen-bond donors (Lipinski definition) is 0. The zero-order valence-corrected chi connectivity index (χ0v) is 19.6. The second-order valence-corrected chi connectivity index (χ2v) is 8.38. The molecule has 3 rings (SSSR count). The number of aromatic nitrogens is 3. The third-order valence-corrected chi connectivity index (χ3v) is 5.18. The first-order chi connectivity index (χ1) is 15.8. The lowest BCUT2D eigenvalue weighted by Crippen LogP contribution is -2.40. The summed E-state index contributed by atoms with van der Waals surface area (Å²) in [6, 6.07) is 7.94. The normalized spacial score (nSPS) is 12.0. The smallest absolute Gasteiger partial charge is 0.416 e. The Hall–Kier alpha value is -3.56. The number of carbonyl (C=O) groups is 1. The fraction of sp³-hybridized carbons (Fsp3) is 0.375. The molecule has 1 heterocycles. The lowest BCUT2D eigenvalue weighted by Gasteiger charge is -2.26. The number of nitrogens with zero attached hydrogens (tertiary/aromatic N) is 3. The molecule has 1 aromatic heterocycles. The van der Waals surface area contributed by atoms with E-state index in [1.54, 1.807) is 20.8 Å². The van der Waals surface area contributed by atoms with E-state index < -0.39 is 29.0 Å². The molecule has 3 aromatic rings. The van der Waals surface area contributed by atoms with E-state index in [1.165, 1.54) is 27.7 Å². The summed E-state index contributed by atoms with van der Waals surface area (Å²) in [5.41, 5.74) is 0.127. The van der Waals surface area contributed by atoms with Crippen molar-refractivity contribution in [1.82, 2.24) is 14.3 Å². The molecule has 0 saturated carbocycles. The maximum Gasteiger partial charge on any atom is 0.416 e. The van der Waals surface area contributed by atoms with Crippen molar-refractivity contribution in [3.05, 3.63) is 75.5 Å². The molecule has 0 aliphatic carbocycles. The van der Waals surface area contributed by atoms with Crippen LogP contribution in [0.5, 0.6) is 5.75 Å². The third-order valence-electron chi connectivity index (χ3n) is 5.18. The van der Waals surface area contributed by atoms with E-state index in [9.17, 15) is 22.8 Å². The van der Waals surface area contributed by atoms with Crippen LogP contribution in [0.1, 0.15) is 43.0 Å². The molecule has 10 heteroatoms. The Kier molecular flexibility index (Phi) is 6.90. The molecule has 2 aromatic carbocycles. The minimum atomic E-state index is -4.45. The first kappa shape index (κ1) is 25.1. The number of halogens is 3. The van der Waals surface area contributed by atoms with Crippen molar-refractivity contribution in [3.63, 3.8) is 0 Å². The topological polar surface area (TPSA) is 75.3 Å². The van der Waals surface area contributed by atoms with Crippen LogP contribution < -0.4 is 10.4 Å². The summed E-state index contributed by atoms with van der Waals surface area (Å²) in [6.45, 7) is 9.04. The first-order valence-corrected chi connectivity index (χ1v) is 10.6. The van der Waals surface area contributed by atoms with E-state index in [0.29, 0.717) is 5.75 Å². The Morgan fingerprint density at radius 2 is 1.65 bits per heavy atom. The summed E-state index contributed by atoms with van der Waals surface area (Å²) in [7, 11) is 0. The standard InChI is InChI=1S/C24H26F3N3O4/c1-6-33-21(31)23(4,5)34-20-15(2)11-17(12-16(20)3)13-30-22(32)29(14-28-30)19-9-7-18(8-10-19)24(25,26)27/h7-12,14H,6,13H2,1-5H3. The van der Waals surface area contributed by atoms with Gasteiger partial charge in [0.05, 0.1) is 24.4 Å². The van der Waals surface area contributed by atoms with Gasteiger partial charge in [-0.05, 0) is 75.6 Å². The third kappa shape index (κ3) is 5.32. The van der Waals surface area contributed by atoms with Crippen molar-refractivity contribution in [2.45, 2.75) is 52.9 Å². The molecule has 182 valence electrons. The molecule has 0 aliphatic rings. The SMILES string of the molecule is CCOC(=O)C(C)(C)Oc1c(C)cc(Cn2ncn(-c3ccc(C(F)(F)F)cc3)c2=O)cc1C. The van der Waals surface area contributed by atoms with Crippen LogP contribution in [-0.4, -0.2) is 32.5 Å². The number of carbonyl (C=O) groups excluding carboxylic acids is 1. The molecule has 34 heavy (non-hydrogen) atoms. The number of esters is 1. The fourth-order valence-electron chi connectivity index (χ4n) is 3.50. The molecular weight excluding hydrogens is 451 g/mol. The number of benzene rings is 2. The highest BCUT2D eigenvalue weighted by atomic mass is 19.4. The van der Waals surface area contributed by atoms with Gasteiger partial charge in [-0.2, -0.15) is 18.3 Å². The Bertz CT molecular complexity index is 1220. The molecule has 0 atom stereocenters.